The average Bonchev–Trinajstić information content (AvgIpc) is 2.73. The molecular weight excluding hydrogens is 303 g/mol. The number of ether oxygens (including phenoxy) is 3. The predicted octanol–water partition coefficient (Wildman–Crippen LogP) is 3.23. The lowest BCUT2D eigenvalue weighted by Crippen LogP contribution is -2.34. The van der Waals surface area contributed by atoms with Crippen LogP contribution in [0, 0.1) is 0 Å². The number of hydrogen-bond donors (Lipinski definition) is 0. The van der Waals surface area contributed by atoms with Gasteiger partial charge in [0.15, 0.2) is 12.1 Å². The number of hydrogen-bond acceptors (Lipinski definition) is 4. The van der Waals surface area contributed by atoms with Crippen LogP contribution in [0.5, 0.6) is 0 Å². The lowest BCUT2D eigenvalue weighted by Gasteiger charge is -2.21. The van der Waals surface area contributed by atoms with Crippen molar-refractivity contribution in [1.29, 1.82) is 0 Å². The minimum absolute atomic E-state index is 0.141. The zero-order chi connectivity index (χ0) is 14.8. The largest absolute Gasteiger partial charge is 0.363 e. The Hall–Kier alpha value is -0.650. The molecule has 1 aliphatic rings. The molecule has 1 fully saturated rings. The van der Waals surface area contributed by atoms with Crippen LogP contribution in [0.25, 0.3) is 0 Å². The zero-order valence-electron chi connectivity index (χ0n) is 11.3. The molecule has 1 heterocycles. The summed E-state index contributed by atoms with van der Waals surface area (Å²) in [5.74, 6) is -0.697. The number of halogens is 2. The maximum absolute atomic E-state index is 11.2. The van der Waals surface area contributed by atoms with Crippen molar-refractivity contribution in [3.8, 4) is 0 Å². The Kier molecular flexibility index (Phi) is 5.04. The van der Waals surface area contributed by atoms with Crippen LogP contribution in [-0.4, -0.2) is 30.9 Å². The van der Waals surface area contributed by atoms with Gasteiger partial charge >= 0.3 is 0 Å². The molecule has 6 heteroatoms. The minimum atomic E-state index is -0.718. The van der Waals surface area contributed by atoms with E-state index in [2.05, 4.69) is 0 Å². The topological polar surface area (TPSA) is 44.8 Å². The Balaban J connectivity index is 2.00. The van der Waals surface area contributed by atoms with E-state index in [1.54, 1.807) is 32.0 Å². The summed E-state index contributed by atoms with van der Waals surface area (Å²) in [6.07, 6.45) is -0.437. The van der Waals surface area contributed by atoms with Crippen LogP contribution >= 0.6 is 23.2 Å². The molecule has 110 valence electrons. The Morgan fingerprint density at radius 1 is 1.45 bits per heavy atom. The molecule has 0 bridgehead atoms. The molecule has 2 atom stereocenters. The summed E-state index contributed by atoms with van der Waals surface area (Å²) < 4.78 is 16.6. The number of rotatable bonds is 5. The quantitative estimate of drug-likeness (QED) is 0.782. The minimum Gasteiger partial charge on any atom is -0.363 e. The normalized spacial score (nSPS) is 22.7. The van der Waals surface area contributed by atoms with Crippen LogP contribution in [0.1, 0.15) is 19.4 Å². The summed E-state index contributed by atoms with van der Waals surface area (Å²) in [4.78, 5) is 11.2. The van der Waals surface area contributed by atoms with E-state index in [1.807, 2.05) is 0 Å². The van der Waals surface area contributed by atoms with Crippen LogP contribution in [-0.2, 0) is 25.6 Å². The van der Waals surface area contributed by atoms with Gasteiger partial charge in [0.05, 0.1) is 13.2 Å². The van der Waals surface area contributed by atoms with Crippen LogP contribution in [0.3, 0.4) is 0 Å². The van der Waals surface area contributed by atoms with Gasteiger partial charge in [-0.3, -0.25) is 0 Å². The number of carbonyl (C=O) groups is 1. The van der Waals surface area contributed by atoms with Crippen LogP contribution in [0.4, 0.5) is 0 Å². The molecule has 1 aromatic carbocycles. The molecule has 0 amide bonds. The summed E-state index contributed by atoms with van der Waals surface area (Å²) >= 11 is 12.1. The van der Waals surface area contributed by atoms with E-state index in [9.17, 15) is 4.79 Å². The molecule has 0 N–H and O–H groups in total. The number of carbonyl (C=O) groups excluding carboxylic acids is 1. The highest BCUT2D eigenvalue weighted by Gasteiger charge is 2.38. The molecule has 1 aromatic rings. The highest BCUT2D eigenvalue weighted by Crippen LogP contribution is 2.28. The third kappa shape index (κ3) is 3.71. The Labute approximate surface area is 127 Å². The molecule has 0 spiro atoms. The summed E-state index contributed by atoms with van der Waals surface area (Å²) in [5.41, 5.74) is 0.654. The molecule has 0 radical (unpaired) electrons. The van der Waals surface area contributed by atoms with Gasteiger partial charge in [-0.1, -0.05) is 29.3 Å². The molecule has 2 rings (SSSR count). The number of benzene rings is 1. The molecule has 1 aliphatic heterocycles. The van der Waals surface area contributed by atoms with Crippen molar-refractivity contribution in [3.05, 3.63) is 33.8 Å². The van der Waals surface area contributed by atoms with E-state index < -0.39 is 18.0 Å². The van der Waals surface area contributed by atoms with E-state index in [4.69, 9.17) is 37.4 Å². The Bertz CT molecular complexity index is 470. The molecule has 0 unspecified atom stereocenters. The van der Waals surface area contributed by atoms with E-state index in [0.717, 1.165) is 0 Å². The maximum atomic E-state index is 11.2. The summed E-state index contributed by atoms with van der Waals surface area (Å²) in [6, 6.07) is 5.20. The van der Waals surface area contributed by atoms with Crippen molar-refractivity contribution < 1.29 is 19.0 Å². The van der Waals surface area contributed by atoms with Crippen molar-refractivity contribution in [2.75, 3.05) is 6.61 Å². The SMILES string of the molecule is CC1(C)OC[C@H]([C@H](C=O)OCc2c(Cl)cccc2Cl)O1. The van der Waals surface area contributed by atoms with Gasteiger partial charge in [-0.2, -0.15) is 0 Å². The van der Waals surface area contributed by atoms with Gasteiger partial charge in [0.1, 0.15) is 12.2 Å². The van der Waals surface area contributed by atoms with Crippen molar-refractivity contribution in [3.63, 3.8) is 0 Å². The first kappa shape index (κ1) is 15.7. The van der Waals surface area contributed by atoms with E-state index in [-0.39, 0.29) is 6.61 Å². The summed E-state index contributed by atoms with van der Waals surface area (Å²) in [7, 11) is 0. The Morgan fingerprint density at radius 3 is 2.60 bits per heavy atom. The molecule has 0 aliphatic carbocycles. The fourth-order valence-electron chi connectivity index (χ4n) is 1.96. The molecule has 1 saturated heterocycles. The van der Waals surface area contributed by atoms with Gasteiger partial charge in [-0.25, -0.2) is 0 Å². The third-order valence-corrected chi connectivity index (χ3v) is 3.72. The second kappa shape index (κ2) is 6.41. The third-order valence-electron chi connectivity index (χ3n) is 3.01. The molecular formula is C14H16Cl2O4. The maximum Gasteiger partial charge on any atom is 0.163 e. The molecule has 0 saturated carbocycles. The van der Waals surface area contributed by atoms with Gasteiger partial charge in [0.25, 0.3) is 0 Å². The van der Waals surface area contributed by atoms with Crippen LogP contribution in [0.2, 0.25) is 10.0 Å². The van der Waals surface area contributed by atoms with Gasteiger partial charge in [0.2, 0.25) is 0 Å². The smallest absolute Gasteiger partial charge is 0.163 e. The first-order chi connectivity index (χ1) is 9.43. The summed E-state index contributed by atoms with van der Waals surface area (Å²) in [5, 5.41) is 1.01. The van der Waals surface area contributed by atoms with Gasteiger partial charge < -0.3 is 19.0 Å². The fraction of sp³-hybridized carbons (Fsp3) is 0.500. The second-order valence-corrected chi connectivity index (χ2v) is 5.79. The standard InChI is InChI=1S/C14H16Cl2O4/c1-14(2)19-8-13(20-14)12(6-17)18-7-9-10(15)4-3-5-11(9)16/h3-6,12-13H,7-8H2,1-2H3/t12-,13+/m0/s1. The van der Waals surface area contributed by atoms with Gasteiger partial charge in [-0.15, -0.1) is 0 Å². The van der Waals surface area contributed by atoms with E-state index >= 15 is 0 Å². The monoisotopic (exact) mass is 318 g/mol. The highest BCUT2D eigenvalue weighted by atomic mass is 35.5. The fourth-order valence-corrected chi connectivity index (χ4v) is 2.47. The van der Waals surface area contributed by atoms with Crippen molar-refractivity contribution >= 4 is 29.5 Å². The molecule has 0 aromatic heterocycles. The number of aldehydes is 1. The predicted molar refractivity (Wildman–Crippen MR) is 76.0 cm³/mol. The Morgan fingerprint density at radius 2 is 2.10 bits per heavy atom. The van der Waals surface area contributed by atoms with Gasteiger partial charge in [0, 0.05) is 15.6 Å². The van der Waals surface area contributed by atoms with E-state index in [1.165, 1.54) is 0 Å². The highest BCUT2D eigenvalue weighted by molar-refractivity contribution is 6.35. The second-order valence-electron chi connectivity index (χ2n) is 4.98. The molecule has 4 nitrogen and oxygen atoms in total. The van der Waals surface area contributed by atoms with Gasteiger partial charge in [-0.05, 0) is 26.0 Å². The van der Waals surface area contributed by atoms with Crippen molar-refractivity contribution in [2.24, 2.45) is 0 Å². The zero-order valence-corrected chi connectivity index (χ0v) is 12.8. The summed E-state index contributed by atoms with van der Waals surface area (Å²) in [6.45, 7) is 4.04. The lowest BCUT2D eigenvalue weighted by atomic mass is 10.2. The van der Waals surface area contributed by atoms with Crippen LogP contribution < -0.4 is 0 Å². The average molecular weight is 319 g/mol. The van der Waals surface area contributed by atoms with E-state index in [0.29, 0.717) is 28.5 Å². The van der Waals surface area contributed by atoms with Crippen molar-refractivity contribution in [2.45, 2.75) is 38.4 Å². The molecule has 20 heavy (non-hydrogen) atoms. The van der Waals surface area contributed by atoms with Crippen molar-refractivity contribution in [1.82, 2.24) is 0 Å². The van der Waals surface area contributed by atoms with Crippen LogP contribution in [0.15, 0.2) is 18.2 Å². The first-order valence-electron chi connectivity index (χ1n) is 6.24. The lowest BCUT2D eigenvalue weighted by molar-refractivity contribution is -0.160. The first-order valence-corrected chi connectivity index (χ1v) is 7.00.